The van der Waals surface area contributed by atoms with Crippen LogP contribution < -0.4 is 5.32 Å². The molecule has 4 nitrogen and oxygen atoms in total. The number of likely N-dealkylation sites (N-methyl/N-ethyl adjacent to an activating group) is 1. The zero-order valence-electron chi connectivity index (χ0n) is 8.51. The van der Waals surface area contributed by atoms with Crippen LogP contribution in [0, 0.1) is 0 Å². The van der Waals surface area contributed by atoms with Crippen LogP contribution in [0.5, 0.6) is 0 Å². The monoisotopic (exact) mass is 254 g/mol. The van der Waals surface area contributed by atoms with E-state index in [1.54, 1.807) is 18.4 Å². The third kappa shape index (κ3) is 2.13. The van der Waals surface area contributed by atoms with Crippen LogP contribution in [0.1, 0.15) is 11.0 Å². The second-order valence-electron chi connectivity index (χ2n) is 3.11. The molecule has 0 aliphatic carbocycles. The van der Waals surface area contributed by atoms with E-state index in [-0.39, 0.29) is 0 Å². The molecule has 0 saturated heterocycles. The van der Waals surface area contributed by atoms with Crippen LogP contribution >= 0.6 is 22.7 Å². The number of carboxylic acids is 1. The lowest BCUT2D eigenvalue weighted by Crippen LogP contribution is -2.24. The average molecular weight is 254 g/mol. The van der Waals surface area contributed by atoms with Crippen molar-refractivity contribution in [1.29, 1.82) is 0 Å². The number of rotatable bonds is 4. The number of carboxylic acid groups (broad SMARTS) is 1. The second-order valence-corrected chi connectivity index (χ2v) is 4.95. The van der Waals surface area contributed by atoms with Gasteiger partial charge >= 0.3 is 5.97 Å². The Hall–Kier alpha value is -1.24. The van der Waals surface area contributed by atoms with Crippen molar-refractivity contribution in [2.45, 2.75) is 6.04 Å². The van der Waals surface area contributed by atoms with E-state index in [9.17, 15) is 4.79 Å². The van der Waals surface area contributed by atoms with Gasteiger partial charge in [-0.3, -0.25) is 4.79 Å². The average Bonchev–Trinajstić information content (AvgIpc) is 2.86. The highest BCUT2D eigenvalue weighted by molar-refractivity contribution is 7.14. The summed E-state index contributed by atoms with van der Waals surface area (Å²) in [6, 6.07) is 3.20. The van der Waals surface area contributed by atoms with Gasteiger partial charge in [-0.05, 0) is 18.5 Å². The summed E-state index contributed by atoms with van der Waals surface area (Å²) in [5.41, 5.74) is 0.844. The first-order valence-corrected chi connectivity index (χ1v) is 6.37. The molecular formula is C10H10N2O2S2. The first kappa shape index (κ1) is 11.3. The summed E-state index contributed by atoms with van der Waals surface area (Å²) in [7, 11) is 1.62. The van der Waals surface area contributed by atoms with Crippen LogP contribution in [-0.4, -0.2) is 23.1 Å². The Balaban J connectivity index is 2.29. The summed E-state index contributed by atoms with van der Waals surface area (Å²) >= 11 is 2.95. The summed E-state index contributed by atoms with van der Waals surface area (Å²) in [6.07, 6.45) is 0. The van der Waals surface area contributed by atoms with Crippen molar-refractivity contribution in [3.8, 4) is 10.6 Å². The minimum absolute atomic E-state index is 0.582. The van der Waals surface area contributed by atoms with E-state index >= 15 is 0 Å². The number of aliphatic carboxylic acids is 1. The Morgan fingerprint density at radius 2 is 2.38 bits per heavy atom. The predicted octanol–water partition coefficient (Wildman–Crippen LogP) is 2.22. The molecule has 0 amide bonds. The van der Waals surface area contributed by atoms with Crippen LogP contribution in [0.25, 0.3) is 10.6 Å². The summed E-state index contributed by atoms with van der Waals surface area (Å²) in [4.78, 5) is 16.3. The highest BCUT2D eigenvalue weighted by Crippen LogP contribution is 2.28. The molecule has 0 saturated carbocycles. The molecule has 2 rings (SSSR count). The highest BCUT2D eigenvalue weighted by Gasteiger charge is 2.21. The van der Waals surface area contributed by atoms with Gasteiger partial charge in [0.2, 0.25) is 0 Å². The molecule has 0 radical (unpaired) electrons. The van der Waals surface area contributed by atoms with Crippen LogP contribution in [0.3, 0.4) is 0 Å². The van der Waals surface area contributed by atoms with Gasteiger partial charge in [0.25, 0.3) is 0 Å². The van der Waals surface area contributed by atoms with Crippen molar-refractivity contribution < 1.29 is 9.90 Å². The molecule has 0 bridgehead atoms. The first-order valence-electron chi connectivity index (χ1n) is 4.61. The topological polar surface area (TPSA) is 62.2 Å². The van der Waals surface area contributed by atoms with Crippen molar-refractivity contribution in [3.63, 3.8) is 0 Å². The quantitative estimate of drug-likeness (QED) is 0.878. The standard InChI is InChI=1S/C10H10N2O2S2/c1-11-8(10(13)14)9-12-6(5-16-9)7-3-2-4-15-7/h2-5,8,11H,1H3,(H,13,14). The van der Waals surface area contributed by atoms with Gasteiger partial charge in [0.1, 0.15) is 5.01 Å². The fourth-order valence-electron chi connectivity index (χ4n) is 1.31. The minimum atomic E-state index is -0.908. The maximum atomic E-state index is 10.9. The minimum Gasteiger partial charge on any atom is -0.480 e. The molecule has 2 aromatic rings. The van der Waals surface area contributed by atoms with Crippen molar-refractivity contribution in [3.05, 3.63) is 27.9 Å². The van der Waals surface area contributed by atoms with Crippen LogP contribution in [0.4, 0.5) is 0 Å². The van der Waals surface area contributed by atoms with Gasteiger partial charge in [-0.1, -0.05) is 6.07 Å². The maximum Gasteiger partial charge on any atom is 0.327 e. The lowest BCUT2D eigenvalue weighted by atomic mass is 10.3. The van der Waals surface area contributed by atoms with Crippen molar-refractivity contribution in [1.82, 2.24) is 10.3 Å². The number of thiazole rings is 1. The molecule has 1 unspecified atom stereocenters. The fraction of sp³-hybridized carbons (Fsp3) is 0.200. The number of thiophene rings is 1. The van der Waals surface area contributed by atoms with Gasteiger partial charge < -0.3 is 10.4 Å². The largest absolute Gasteiger partial charge is 0.480 e. The van der Waals surface area contributed by atoms with Gasteiger partial charge in [0.15, 0.2) is 6.04 Å². The summed E-state index contributed by atoms with van der Waals surface area (Å²) in [5.74, 6) is -0.908. The molecule has 0 aliphatic heterocycles. The summed E-state index contributed by atoms with van der Waals surface area (Å²) < 4.78 is 0. The molecule has 0 aromatic carbocycles. The van der Waals surface area contributed by atoms with Crippen molar-refractivity contribution in [2.75, 3.05) is 7.05 Å². The molecule has 0 aliphatic rings. The Kier molecular flexibility index (Phi) is 3.33. The Bertz CT molecular complexity index is 479. The molecule has 1 atom stereocenters. The van der Waals surface area contributed by atoms with Crippen LogP contribution in [-0.2, 0) is 4.79 Å². The zero-order valence-corrected chi connectivity index (χ0v) is 10.1. The van der Waals surface area contributed by atoms with E-state index in [0.717, 1.165) is 10.6 Å². The van der Waals surface area contributed by atoms with Crippen molar-refractivity contribution in [2.24, 2.45) is 0 Å². The fourth-order valence-corrected chi connectivity index (χ4v) is 2.99. The number of hydrogen-bond acceptors (Lipinski definition) is 5. The molecule has 0 spiro atoms. The summed E-state index contributed by atoms with van der Waals surface area (Å²) in [5, 5.41) is 16.1. The number of aromatic nitrogens is 1. The Morgan fingerprint density at radius 1 is 1.56 bits per heavy atom. The molecule has 0 fully saturated rings. The van der Waals surface area contributed by atoms with E-state index in [4.69, 9.17) is 5.11 Å². The van der Waals surface area contributed by atoms with Gasteiger partial charge in [0.05, 0.1) is 10.6 Å². The maximum absolute atomic E-state index is 10.9. The van der Waals surface area contributed by atoms with E-state index in [1.165, 1.54) is 11.3 Å². The Labute approximate surface area is 101 Å². The van der Waals surface area contributed by atoms with Crippen LogP contribution in [0.2, 0.25) is 0 Å². The van der Waals surface area contributed by atoms with Gasteiger partial charge in [-0.2, -0.15) is 0 Å². The lowest BCUT2D eigenvalue weighted by molar-refractivity contribution is -0.139. The van der Waals surface area contributed by atoms with Gasteiger partial charge in [-0.15, -0.1) is 22.7 Å². The number of nitrogens with one attached hydrogen (secondary N) is 1. The van der Waals surface area contributed by atoms with E-state index in [2.05, 4.69) is 10.3 Å². The molecule has 2 heterocycles. The number of hydrogen-bond donors (Lipinski definition) is 2. The van der Waals surface area contributed by atoms with E-state index in [1.807, 2.05) is 22.9 Å². The molecule has 2 aromatic heterocycles. The third-order valence-corrected chi connectivity index (χ3v) is 3.88. The molecule has 84 valence electrons. The molecular weight excluding hydrogens is 244 g/mol. The van der Waals surface area contributed by atoms with E-state index in [0.29, 0.717) is 5.01 Å². The summed E-state index contributed by atoms with van der Waals surface area (Å²) in [6.45, 7) is 0. The zero-order chi connectivity index (χ0) is 11.5. The van der Waals surface area contributed by atoms with E-state index < -0.39 is 12.0 Å². The van der Waals surface area contributed by atoms with Gasteiger partial charge in [0, 0.05) is 5.38 Å². The van der Waals surface area contributed by atoms with Gasteiger partial charge in [-0.25, -0.2) is 4.98 Å². The highest BCUT2D eigenvalue weighted by atomic mass is 32.1. The smallest absolute Gasteiger partial charge is 0.327 e. The van der Waals surface area contributed by atoms with Crippen LogP contribution in [0.15, 0.2) is 22.9 Å². The second kappa shape index (κ2) is 4.73. The normalized spacial score (nSPS) is 12.6. The molecule has 16 heavy (non-hydrogen) atoms. The first-order chi connectivity index (χ1) is 7.72. The Morgan fingerprint density at radius 3 is 2.94 bits per heavy atom. The SMILES string of the molecule is CNC(C(=O)O)c1nc(-c2cccs2)cs1. The predicted molar refractivity (Wildman–Crippen MR) is 64.9 cm³/mol. The lowest BCUT2D eigenvalue weighted by Gasteiger charge is -2.06. The van der Waals surface area contributed by atoms with Crippen molar-refractivity contribution >= 4 is 28.6 Å². The molecule has 6 heteroatoms. The number of carbonyl (C=O) groups is 1. The molecule has 2 N–H and O–H groups in total. The third-order valence-electron chi connectivity index (χ3n) is 2.08. The number of nitrogens with zero attached hydrogens (tertiary/aromatic N) is 1.